The molecule has 0 unspecified atom stereocenters. The van der Waals surface area contributed by atoms with E-state index in [-0.39, 0.29) is 13.7 Å². The van der Waals surface area contributed by atoms with Crippen molar-refractivity contribution in [3.05, 3.63) is 182 Å². The molecule has 0 amide bonds. The SMILES string of the molecule is c1ccc(N2c3cccc4c3B(c3cc5c6c(c32)-c2cccc3ccn(c23)B6c2ccc3oc6ccccc6c3c2N5c2ccccc2)n2ccc3cccc-4c32)cc1. The van der Waals surface area contributed by atoms with Crippen molar-refractivity contribution in [3.63, 3.8) is 0 Å². The van der Waals surface area contributed by atoms with E-state index in [1.54, 1.807) is 0 Å². The van der Waals surface area contributed by atoms with Gasteiger partial charge >= 0.3 is 13.7 Å². The Kier molecular flexibility index (Phi) is 5.51. The van der Waals surface area contributed by atoms with Crippen LogP contribution in [0, 0.1) is 0 Å². The summed E-state index contributed by atoms with van der Waals surface area (Å²) in [6, 6.07) is 62.8. The minimum absolute atomic E-state index is 0.0546. The molecule has 0 atom stereocenters. The highest BCUT2D eigenvalue weighted by molar-refractivity contribution is 6.92. The number of aromatic nitrogens is 2. The first-order chi connectivity index (χ1) is 29.3. The molecule has 4 aliphatic heterocycles. The number of hydrogen-bond acceptors (Lipinski definition) is 3. The molecule has 0 bridgehead atoms. The molecular weight excluding hydrogens is 718 g/mol. The van der Waals surface area contributed by atoms with Gasteiger partial charge in [0.1, 0.15) is 11.2 Å². The molecule has 0 N–H and O–H groups in total. The van der Waals surface area contributed by atoms with Crippen LogP contribution in [-0.2, 0) is 0 Å². The lowest BCUT2D eigenvalue weighted by atomic mass is 9.41. The van der Waals surface area contributed by atoms with Crippen molar-refractivity contribution >= 4 is 113 Å². The zero-order valence-electron chi connectivity index (χ0n) is 31.7. The average Bonchev–Trinajstić information content (AvgIpc) is 4.03. The molecule has 3 aromatic heterocycles. The second-order valence-corrected chi connectivity index (χ2v) is 16.4. The summed E-state index contributed by atoms with van der Waals surface area (Å²) in [5.74, 6) is 0. The molecule has 0 aliphatic carbocycles. The van der Waals surface area contributed by atoms with E-state index in [1.165, 1.54) is 88.7 Å². The Labute approximate surface area is 339 Å². The third-order valence-electron chi connectivity index (χ3n) is 13.7. The second-order valence-electron chi connectivity index (χ2n) is 16.4. The Hall–Kier alpha value is -7.63. The van der Waals surface area contributed by atoms with Gasteiger partial charge in [0.05, 0.1) is 16.8 Å². The molecule has 0 fully saturated rings. The van der Waals surface area contributed by atoms with Crippen molar-refractivity contribution in [2.24, 2.45) is 0 Å². The van der Waals surface area contributed by atoms with Gasteiger partial charge in [0, 0.05) is 55.9 Å². The Morgan fingerprint density at radius 1 is 0.424 bits per heavy atom. The first kappa shape index (κ1) is 30.5. The van der Waals surface area contributed by atoms with Gasteiger partial charge in [-0.05, 0) is 111 Å². The summed E-state index contributed by atoms with van der Waals surface area (Å²) >= 11 is 0. The number of rotatable bonds is 2. The molecular formula is C52H30B2N4O. The first-order valence-electron chi connectivity index (χ1n) is 20.5. The maximum Gasteiger partial charge on any atom is 0.332 e. The van der Waals surface area contributed by atoms with Gasteiger partial charge in [-0.25, -0.2) is 0 Å². The van der Waals surface area contributed by atoms with Crippen molar-refractivity contribution in [1.82, 2.24) is 8.96 Å². The second kappa shape index (κ2) is 10.6. The van der Waals surface area contributed by atoms with Gasteiger partial charge in [0.15, 0.2) is 0 Å². The van der Waals surface area contributed by atoms with Crippen molar-refractivity contribution in [1.29, 1.82) is 0 Å². The summed E-state index contributed by atoms with van der Waals surface area (Å²) in [5, 5.41) is 4.79. The van der Waals surface area contributed by atoms with Crippen LogP contribution >= 0.6 is 0 Å². The van der Waals surface area contributed by atoms with Gasteiger partial charge in [0.2, 0.25) is 0 Å². The van der Waals surface area contributed by atoms with Crippen LogP contribution in [0.3, 0.4) is 0 Å². The monoisotopic (exact) mass is 748 g/mol. The molecule has 59 heavy (non-hydrogen) atoms. The van der Waals surface area contributed by atoms with Gasteiger partial charge in [-0.15, -0.1) is 0 Å². The van der Waals surface area contributed by atoms with E-state index in [1.807, 2.05) is 0 Å². The summed E-state index contributed by atoms with van der Waals surface area (Å²) in [7, 11) is 0. The number of benzene rings is 8. The molecule has 0 spiro atoms. The molecule has 15 rings (SSSR count). The topological polar surface area (TPSA) is 29.5 Å². The van der Waals surface area contributed by atoms with Crippen molar-refractivity contribution in [2.75, 3.05) is 9.80 Å². The van der Waals surface area contributed by atoms with Gasteiger partial charge in [-0.2, -0.15) is 0 Å². The zero-order chi connectivity index (χ0) is 38.1. The summed E-state index contributed by atoms with van der Waals surface area (Å²) in [6.07, 6.45) is 4.64. The highest BCUT2D eigenvalue weighted by Crippen LogP contribution is 2.52. The number of furan rings is 1. The van der Waals surface area contributed by atoms with Crippen LogP contribution in [0.2, 0.25) is 0 Å². The van der Waals surface area contributed by atoms with Crippen molar-refractivity contribution < 1.29 is 4.42 Å². The molecule has 0 saturated carbocycles. The Balaban J connectivity index is 1.18. The van der Waals surface area contributed by atoms with Crippen LogP contribution in [0.5, 0.6) is 0 Å². The lowest BCUT2D eigenvalue weighted by Gasteiger charge is -2.46. The van der Waals surface area contributed by atoms with E-state index in [2.05, 4.69) is 201 Å². The summed E-state index contributed by atoms with van der Waals surface area (Å²) in [6.45, 7) is -0.137. The number of nitrogens with zero attached hydrogens (tertiary/aromatic N) is 4. The zero-order valence-corrected chi connectivity index (χ0v) is 31.7. The van der Waals surface area contributed by atoms with Gasteiger partial charge in [0.25, 0.3) is 0 Å². The van der Waals surface area contributed by atoms with Crippen LogP contribution in [0.1, 0.15) is 0 Å². The fourth-order valence-electron chi connectivity index (χ4n) is 11.5. The van der Waals surface area contributed by atoms with Crippen LogP contribution < -0.4 is 31.7 Å². The molecule has 7 heteroatoms. The quantitative estimate of drug-likeness (QED) is 0.165. The predicted octanol–water partition coefficient (Wildman–Crippen LogP) is 10.3. The normalized spacial score (nSPS) is 14.0. The molecule has 11 aromatic rings. The van der Waals surface area contributed by atoms with Gasteiger partial charge in [-0.3, -0.25) is 0 Å². The lowest BCUT2D eigenvalue weighted by molar-refractivity contribution is 0.669. The number of hydrogen-bond donors (Lipinski definition) is 0. The largest absolute Gasteiger partial charge is 0.456 e. The third-order valence-corrected chi connectivity index (χ3v) is 13.7. The number of para-hydroxylation sites is 5. The minimum atomic E-state index is -0.0820. The van der Waals surface area contributed by atoms with Crippen LogP contribution in [0.4, 0.5) is 34.1 Å². The van der Waals surface area contributed by atoms with Crippen molar-refractivity contribution in [3.8, 4) is 22.3 Å². The highest BCUT2D eigenvalue weighted by atomic mass is 16.3. The van der Waals surface area contributed by atoms with Crippen LogP contribution in [0.25, 0.3) is 66.0 Å². The summed E-state index contributed by atoms with van der Waals surface area (Å²) in [5.41, 5.74) is 21.8. The summed E-state index contributed by atoms with van der Waals surface area (Å²) < 4.78 is 11.8. The molecule has 4 aliphatic rings. The molecule has 7 heterocycles. The van der Waals surface area contributed by atoms with Crippen LogP contribution in [-0.4, -0.2) is 22.7 Å². The maximum atomic E-state index is 6.66. The minimum Gasteiger partial charge on any atom is -0.456 e. The Bertz CT molecular complexity index is 3660. The third kappa shape index (κ3) is 3.62. The molecule has 5 nitrogen and oxygen atoms in total. The fraction of sp³-hybridized carbons (Fsp3) is 0. The fourth-order valence-corrected chi connectivity index (χ4v) is 11.5. The molecule has 8 aromatic carbocycles. The van der Waals surface area contributed by atoms with E-state index in [9.17, 15) is 0 Å². The van der Waals surface area contributed by atoms with E-state index in [4.69, 9.17) is 4.42 Å². The summed E-state index contributed by atoms with van der Waals surface area (Å²) in [4.78, 5) is 5.14. The van der Waals surface area contributed by atoms with E-state index in [0.717, 1.165) is 33.3 Å². The van der Waals surface area contributed by atoms with E-state index < -0.39 is 0 Å². The molecule has 0 saturated heterocycles. The number of anilines is 6. The Morgan fingerprint density at radius 3 is 1.81 bits per heavy atom. The smallest absolute Gasteiger partial charge is 0.332 e. The number of fused-ring (bicyclic) bond motifs is 13. The predicted molar refractivity (Wildman–Crippen MR) is 246 cm³/mol. The van der Waals surface area contributed by atoms with Crippen molar-refractivity contribution in [2.45, 2.75) is 0 Å². The first-order valence-corrected chi connectivity index (χ1v) is 20.5. The molecule has 0 radical (unpaired) electrons. The Morgan fingerprint density at radius 2 is 1.05 bits per heavy atom. The maximum absolute atomic E-state index is 6.66. The molecule has 270 valence electrons. The average molecular weight is 748 g/mol. The standard InChI is InChI=1S/C52H30B2N4O/c1-3-14-33(15-4-1)57-41-22-11-19-35-36-20-9-12-31-26-28-55(49(31)36)54(47(35)41)40-30-42-48-46(52(40)57)38-21-10-13-32-27-29-56(50(32)38)53(48)39-24-25-44-45(37-18-7-8-23-43(37)59-44)51(39)58(42)34-16-5-2-6-17-34/h1-30H. The lowest BCUT2D eigenvalue weighted by Crippen LogP contribution is -2.61. The van der Waals surface area contributed by atoms with E-state index in [0.29, 0.717) is 0 Å². The highest BCUT2D eigenvalue weighted by Gasteiger charge is 2.49. The van der Waals surface area contributed by atoms with E-state index >= 15 is 0 Å². The van der Waals surface area contributed by atoms with Gasteiger partial charge < -0.3 is 23.2 Å². The van der Waals surface area contributed by atoms with Gasteiger partial charge in [-0.1, -0.05) is 109 Å². The van der Waals surface area contributed by atoms with Crippen LogP contribution in [0.15, 0.2) is 187 Å².